The highest BCUT2D eigenvalue weighted by atomic mass is 35.5. The normalized spacial score (nSPS) is 15.6. The molecule has 0 unspecified atom stereocenters. The summed E-state index contributed by atoms with van der Waals surface area (Å²) in [6.45, 7) is 0.417. The van der Waals surface area contributed by atoms with Crippen molar-refractivity contribution < 1.29 is 9.53 Å². The van der Waals surface area contributed by atoms with Crippen molar-refractivity contribution in [3.8, 4) is 5.75 Å². The molecule has 1 heterocycles. The van der Waals surface area contributed by atoms with Crippen molar-refractivity contribution in [3.63, 3.8) is 0 Å². The number of hydrogen-bond acceptors (Lipinski definition) is 3. The van der Waals surface area contributed by atoms with Crippen LogP contribution in [-0.2, 0) is 6.54 Å². The minimum Gasteiger partial charge on any atom is -0.495 e. The number of carbonyl (C=O) groups is 1. The van der Waals surface area contributed by atoms with Crippen LogP contribution in [-0.4, -0.2) is 17.9 Å². The van der Waals surface area contributed by atoms with E-state index in [2.05, 4.69) is 5.32 Å². The number of anilines is 1. The van der Waals surface area contributed by atoms with Crippen LogP contribution >= 0.6 is 11.6 Å². The first-order valence-corrected chi connectivity index (χ1v) is 9.09. The zero-order valence-electron chi connectivity index (χ0n) is 14.9. The number of para-hydroxylation sites is 2. The number of methoxy groups -OCH3 is 1. The number of fused-ring (bicyclic) bond motifs is 1. The van der Waals surface area contributed by atoms with Crippen molar-refractivity contribution in [3.05, 3.63) is 94.5 Å². The third kappa shape index (κ3) is 3.24. The van der Waals surface area contributed by atoms with Gasteiger partial charge in [0.2, 0.25) is 0 Å². The van der Waals surface area contributed by atoms with E-state index in [1.807, 2.05) is 72.8 Å². The second kappa shape index (κ2) is 7.33. The predicted molar refractivity (Wildman–Crippen MR) is 107 cm³/mol. The zero-order chi connectivity index (χ0) is 18.8. The van der Waals surface area contributed by atoms with Gasteiger partial charge in [-0.2, -0.15) is 0 Å². The van der Waals surface area contributed by atoms with Gasteiger partial charge in [-0.05, 0) is 29.8 Å². The van der Waals surface area contributed by atoms with Gasteiger partial charge in [-0.25, -0.2) is 0 Å². The second-order valence-corrected chi connectivity index (χ2v) is 6.77. The number of amides is 1. The number of benzene rings is 3. The highest BCUT2D eigenvalue weighted by Gasteiger charge is 2.37. The Balaban J connectivity index is 1.73. The van der Waals surface area contributed by atoms with Gasteiger partial charge in [0.15, 0.2) is 0 Å². The molecule has 1 aliphatic heterocycles. The zero-order valence-corrected chi connectivity index (χ0v) is 15.6. The highest BCUT2D eigenvalue weighted by Crippen LogP contribution is 2.38. The maximum Gasteiger partial charge on any atom is 0.256 e. The number of hydrogen-bond donors (Lipinski definition) is 1. The fraction of sp³-hybridized carbons (Fsp3) is 0.136. The predicted octanol–water partition coefficient (Wildman–Crippen LogP) is 5.12. The van der Waals surface area contributed by atoms with Crippen LogP contribution in [0.25, 0.3) is 0 Å². The fourth-order valence-corrected chi connectivity index (χ4v) is 3.61. The summed E-state index contributed by atoms with van der Waals surface area (Å²) in [5.74, 6) is 0.713. The molecule has 0 radical (unpaired) electrons. The van der Waals surface area contributed by atoms with Crippen molar-refractivity contribution in [2.75, 3.05) is 12.4 Å². The maximum absolute atomic E-state index is 13.1. The first kappa shape index (κ1) is 17.4. The Morgan fingerprint density at radius 2 is 1.70 bits per heavy atom. The topological polar surface area (TPSA) is 41.6 Å². The first-order valence-electron chi connectivity index (χ1n) is 8.72. The Kier molecular flexibility index (Phi) is 4.73. The lowest BCUT2D eigenvalue weighted by molar-refractivity contribution is 0.0728. The van der Waals surface area contributed by atoms with Crippen LogP contribution in [0.15, 0.2) is 72.8 Å². The van der Waals surface area contributed by atoms with Gasteiger partial charge in [-0.3, -0.25) is 4.79 Å². The molecule has 0 saturated carbocycles. The molecule has 0 aromatic heterocycles. The lowest BCUT2D eigenvalue weighted by Crippen LogP contribution is -2.32. The van der Waals surface area contributed by atoms with Crippen LogP contribution < -0.4 is 10.1 Å². The second-order valence-electron chi connectivity index (χ2n) is 6.36. The quantitative estimate of drug-likeness (QED) is 0.670. The molecule has 4 nitrogen and oxygen atoms in total. The van der Waals surface area contributed by atoms with Crippen LogP contribution in [0.4, 0.5) is 5.69 Å². The SMILES string of the molecule is COc1ccccc1N[C@H]1c2ccccc2C(=O)N1Cc1ccccc1Cl. The smallest absolute Gasteiger partial charge is 0.256 e. The molecular formula is C22H19ClN2O2. The molecule has 5 heteroatoms. The van der Waals surface area contributed by atoms with Crippen molar-refractivity contribution in [2.24, 2.45) is 0 Å². The highest BCUT2D eigenvalue weighted by molar-refractivity contribution is 6.31. The minimum absolute atomic E-state index is 0.0158. The molecule has 1 aliphatic rings. The van der Waals surface area contributed by atoms with Gasteiger partial charge >= 0.3 is 0 Å². The standard InChI is InChI=1S/C22H19ClN2O2/c1-27-20-13-7-6-12-19(20)24-21-16-9-3-4-10-17(16)22(26)25(21)14-15-8-2-5-11-18(15)23/h2-13,21,24H,14H2,1H3/t21-/m1/s1. The van der Waals surface area contributed by atoms with Gasteiger partial charge in [0, 0.05) is 22.7 Å². The van der Waals surface area contributed by atoms with Crippen LogP contribution in [0, 0.1) is 0 Å². The average molecular weight is 379 g/mol. The Bertz CT molecular complexity index is 989. The van der Waals surface area contributed by atoms with E-state index in [0.717, 1.165) is 22.6 Å². The summed E-state index contributed by atoms with van der Waals surface area (Å²) in [6.07, 6.45) is -0.304. The number of halogens is 1. The van der Waals surface area contributed by atoms with Crippen molar-refractivity contribution in [2.45, 2.75) is 12.7 Å². The summed E-state index contributed by atoms with van der Waals surface area (Å²) in [7, 11) is 1.63. The molecule has 0 spiro atoms. The van der Waals surface area contributed by atoms with Crippen LogP contribution in [0.2, 0.25) is 5.02 Å². The van der Waals surface area contributed by atoms with Gasteiger partial charge in [0.25, 0.3) is 5.91 Å². The summed E-state index contributed by atoms with van der Waals surface area (Å²) in [5.41, 5.74) is 3.39. The molecular weight excluding hydrogens is 360 g/mol. The molecule has 27 heavy (non-hydrogen) atoms. The van der Waals surface area contributed by atoms with E-state index in [4.69, 9.17) is 16.3 Å². The Labute approximate surface area is 163 Å². The maximum atomic E-state index is 13.1. The van der Waals surface area contributed by atoms with Gasteiger partial charge in [0.05, 0.1) is 12.8 Å². The summed E-state index contributed by atoms with van der Waals surface area (Å²) < 4.78 is 5.46. The van der Waals surface area contributed by atoms with Crippen molar-refractivity contribution in [1.82, 2.24) is 4.90 Å². The lowest BCUT2D eigenvalue weighted by atomic mass is 10.1. The van der Waals surface area contributed by atoms with Crippen molar-refractivity contribution >= 4 is 23.2 Å². The van der Waals surface area contributed by atoms with E-state index in [0.29, 0.717) is 17.1 Å². The van der Waals surface area contributed by atoms with Gasteiger partial charge in [-0.15, -0.1) is 0 Å². The van der Waals surface area contributed by atoms with E-state index in [-0.39, 0.29) is 12.1 Å². The van der Waals surface area contributed by atoms with E-state index >= 15 is 0 Å². The van der Waals surface area contributed by atoms with Crippen LogP contribution in [0.3, 0.4) is 0 Å². The number of nitrogens with zero attached hydrogens (tertiary/aromatic N) is 1. The lowest BCUT2D eigenvalue weighted by Gasteiger charge is -2.28. The first-order chi connectivity index (χ1) is 13.2. The molecule has 0 aliphatic carbocycles. The molecule has 3 aromatic carbocycles. The molecule has 1 N–H and O–H groups in total. The Morgan fingerprint density at radius 1 is 1.00 bits per heavy atom. The van der Waals surface area contributed by atoms with Crippen molar-refractivity contribution in [1.29, 1.82) is 0 Å². The molecule has 1 amide bonds. The molecule has 0 saturated heterocycles. The molecule has 3 aromatic rings. The molecule has 4 rings (SSSR count). The third-order valence-electron chi connectivity index (χ3n) is 4.76. The number of nitrogens with one attached hydrogen (secondary N) is 1. The van der Waals surface area contributed by atoms with Gasteiger partial charge in [0.1, 0.15) is 11.9 Å². The Hall–Kier alpha value is -2.98. The largest absolute Gasteiger partial charge is 0.495 e. The summed E-state index contributed by atoms with van der Waals surface area (Å²) in [5, 5.41) is 4.12. The average Bonchev–Trinajstić information content (AvgIpc) is 2.96. The van der Waals surface area contributed by atoms with E-state index in [9.17, 15) is 4.79 Å². The molecule has 0 fully saturated rings. The summed E-state index contributed by atoms with van der Waals surface area (Å²) in [4.78, 5) is 14.9. The molecule has 136 valence electrons. The Morgan fingerprint density at radius 3 is 2.52 bits per heavy atom. The minimum atomic E-state index is -0.304. The monoisotopic (exact) mass is 378 g/mol. The summed E-state index contributed by atoms with van der Waals surface area (Å²) >= 11 is 6.34. The van der Waals surface area contributed by atoms with Gasteiger partial charge < -0.3 is 15.0 Å². The van der Waals surface area contributed by atoms with Crippen LogP contribution in [0.5, 0.6) is 5.75 Å². The van der Waals surface area contributed by atoms with Crippen LogP contribution in [0.1, 0.15) is 27.7 Å². The van der Waals surface area contributed by atoms with E-state index in [1.54, 1.807) is 12.0 Å². The van der Waals surface area contributed by atoms with E-state index in [1.165, 1.54) is 0 Å². The van der Waals surface area contributed by atoms with Gasteiger partial charge in [-0.1, -0.05) is 60.1 Å². The molecule has 1 atom stereocenters. The fourth-order valence-electron chi connectivity index (χ4n) is 3.41. The third-order valence-corrected chi connectivity index (χ3v) is 5.12. The summed E-state index contributed by atoms with van der Waals surface area (Å²) in [6, 6.07) is 23.0. The van der Waals surface area contributed by atoms with E-state index < -0.39 is 0 Å². The number of ether oxygens (including phenoxy) is 1. The number of rotatable bonds is 5. The molecule has 0 bridgehead atoms. The number of carbonyl (C=O) groups excluding carboxylic acids is 1.